The molecule has 0 spiro atoms. The second kappa shape index (κ2) is 7.74. The van der Waals surface area contributed by atoms with Gasteiger partial charge in [0.2, 0.25) is 0 Å². The Morgan fingerprint density at radius 1 is 1.07 bits per heavy atom. The number of carbonyl (C=O) groups is 2. The second-order valence-electron chi connectivity index (χ2n) is 6.17. The number of amides is 2. The number of carbonyl (C=O) groups excluding carboxylic acids is 2. The van der Waals surface area contributed by atoms with Gasteiger partial charge in [-0.2, -0.15) is 0 Å². The normalized spacial score (nSPS) is 10.4. The zero-order valence-electron chi connectivity index (χ0n) is 15.0. The predicted molar refractivity (Wildman–Crippen MR) is 101 cm³/mol. The largest absolute Gasteiger partial charge is 0.454 e. The van der Waals surface area contributed by atoms with E-state index in [9.17, 15) is 14.4 Å². The van der Waals surface area contributed by atoms with Crippen LogP contribution >= 0.6 is 0 Å². The molecule has 2 aromatic heterocycles. The van der Waals surface area contributed by atoms with E-state index in [1.54, 1.807) is 68.8 Å². The Labute approximate surface area is 155 Å². The highest BCUT2D eigenvalue weighted by Crippen LogP contribution is 2.15. The minimum absolute atomic E-state index is 0.123. The first-order valence-corrected chi connectivity index (χ1v) is 8.31. The zero-order valence-corrected chi connectivity index (χ0v) is 15.0. The summed E-state index contributed by atoms with van der Waals surface area (Å²) in [6.07, 6.45) is 1.65. The summed E-state index contributed by atoms with van der Waals surface area (Å²) >= 11 is 0. The quantitative estimate of drug-likeness (QED) is 0.753. The fourth-order valence-corrected chi connectivity index (χ4v) is 2.52. The molecule has 0 saturated heterocycles. The van der Waals surface area contributed by atoms with E-state index in [1.165, 1.54) is 15.5 Å². The van der Waals surface area contributed by atoms with Crippen molar-refractivity contribution in [3.8, 4) is 0 Å². The zero-order chi connectivity index (χ0) is 19.4. The first-order valence-electron chi connectivity index (χ1n) is 8.31. The molecule has 7 nitrogen and oxygen atoms in total. The van der Waals surface area contributed by atoms with Crippen LogP contribution in [0.15, 0.2) is 70.0 Å². The molecule has 1 N–H and O–H groups in total. The van der Waals surface area contributed by atoms with E-state index in [-0.39, 0.29) is 23.8 Å². The lowest BCUT2D eigenvalue weighted by atomic mass is 10.2. The summed E-state index contributed by atoms with van der Waals surface area (Å²) in [4.78, 5) is 37.6. The molecule has 138 valence electrons. The average Bonchev–Trinajstić information content (AvgIpc) is 3.12. The van der Waals surface area contributed by atoms with E-state index < -0.39 is 5.91 Å². The Bertz CT molecular complexity index is 1030. The highest BCUT2D eigenvalue weighted by molar-refractivity contribution is 6.03. The van der Waals surface area contributed by atoms with Gasteiger partial charge in [-0.25, -0.2) is 0 Å². The lowest BCUT2D eigenvalue weighted by Crippen LogP contribution is -2.21. The van der Waals surface area contributed by atoms with E-state index in [0.29, 0.717) is 17.0 Å². The molecule has 0 bridgehead atoms. The number of nitrogens with one attached hydrogen (secondary N) is 1. The maximum Gasteiger partial charge on any atom is 0.291 e. The lowest BCUT2D eigenvalue weighted by Gasteiger charge is -2.11. The predicted octanol–water partition coefficient (Wildman–Crippen LogP) is 2.44. The third-order valence-corrected chi connectivity index (χ3v) is 3.88. The van der Waals surface area contributed by atoms with Gasteiger partial charge >= 0.3 is 0 Å². The maximum atomic E-state index is 12.4. The minimum atomic E-state index is -0.434. The van der Waals surface area contributed by atoms with Gasteiger partial charge in [0.15, 0.2) is 5.76 Å². The summed E-state index contributed by atoms with van der Waals surface area (Å²) in [6.45, 7) is 0.236. The van der Waals surface area contributed by atoms with Crippen LogP contribution in [0.25, 0.3) is 0 Å². The number of furan rings is 1. The molecule has 3 aromatic rings. The fraction of sp³-hybridized carbons (Fsp3) is 0.150. The van der Waals surface area contributed by atoms with Gasteiger partial charge in [0, 0.05) is 37.6 Å². The molecule has 27 heavy (non-hydrogen) atoms. The van der Waals surface area contributed by atoms with E-state index >= 15 is 0 Å². The molecule has 7 heteroatoms. The molecule has 2 amide bonds. The van der Waals surface area contributed by atoms with Crippen molar-refractivity contribution in [1.29, 1.82) is 0 Å². The standard InChI is InChI=1S/C20H19N3O4/c1-22(2)20(26)14-6-5-7-15(12-14)21-19(25)17-10-9-16(27-17)13-23-11-4-3-8-18(23)24/h3-12H,13H2,1-2H3,(H,21,25). The van der Waals surface area contributed by atoms with Crippen LogP contribution in [0.3, 0.4) is 0 Å². The molecular weight excluding hydrogens is 346 g/mol. The van der Waals surface area contributed by atoms with Crippen LogP contribution in [0.1, 0.15) is 26.7 Å². The number of benzene rings is 1. The van der Waals surface area contributed by atoms with Crippen LogP contribution in [0, 0.1) is 0 Å². The van der Waals surface area contributed by atoms with Crippen LogP contribution in [0.4, 0.5) is 5.69 Å². The van der Waals surface area contributed by atoms with Crippen LogP contribution in [0.2, 0.25) is 0 Å². The summed E-state index contributed by atoms with van der Waals surface area (Å²) in [5.41, 5.74) is 0.814. The van der Waals surface area contributed by atoms with Crippen molar-refractivity contribution in [2.75, 3.05) is 19.4 Å². The molecule has 0 radical (unpaired) electrons. The average molecular weight is 365 g/mol. The van der Waals surface area contributed by atoms with Gasteiger partial charge in [-0.3, -0.25) is 14.4 Å². The Morgan fingerprint density at radius 3 is 2.63 bits per heavy atom. The molecule has 0 atom stereocenters. The first kappa shape index (κ1) is 18.2. The Morgan fingerprint density at radius 2 is 1.89 bits per heavy atom. The molecule has 0 fully saturated rings. The van der Waals surface area contributed by atoms with Crippen molar-refractivity contribution < 1.29 is 14.0 Å². The number of hydrogen-bond acceptors (Lipinski definition) is 4. The summed E-state index contributed by atoms with van der Waals surface area (Å²) in [7, 11) is 3.33. The van der Waals surface area contributed by atoms with Gasteiger partial charge in [0.05, 0.1) is 6.54 Å². The van der Waals surface area contributed by atoms with Gasteiger partial charge < -0.3 is 19.2 Å². The van der Waals surface area contributed by atoms with Gasteiger partial charge in [-0.15, -0.1) is 0 Å². The van der Waals surface area contributed by atoms with Crippen molar-refractivity contribution in [1.82, 2.24) is 9.47 Å². The molecule has 0 aliphatic heterocycles. The van der Waals surface area contributed by atoms with Gasteiger partial charge in [-0.05, 0) is 36.4 Å². The monoisotopic (exact) mass is 365 g/mol. The Kier molecular flexibility index (Phi) is 5.21. The summed E-state index contributed by atoms with van der Waals surface area (Å²) in [5, 5.41) is 2.71. The van der Waals surface area contributed by atoms with Crippen molar-refractivity contribution in [2.45, 2.75) is 6.54 Å². The van der Waals surface area contributed by atoms with Crippen LogP contribution in [0.5, 0.6) is 0 Å². The van der Waals surface area contributed by atoms with Crippen molar-refractivity contribution in [3.63, 3.8) is 0 Å². The lowest BCUT2D eigenvalue weighted by molar-refractivity contribution is 0.0827. The van der Waals surface area contributed by atoms with Crippen molar-refractivity contribution >= 4 is 17.5 Å². The van der Waals surface area contributed by atoms with Crippen molar-refractivity contribution in [2.24, 2.45) is 0 Å². The third-order valence-electron chi connectivity index (χ3n) is 3.88. The maximum absolute atomic E-state index is 12.4. The molecule has 3 rings (SSSR count). The topological polar surface area (TPSA) is 84.5 Å². The number of anilines is 1. The summed E-state index contributed by atoms with van der Waals surface area (Å²) in [6, 6.07) is 14.7. The van der Waals surface area contributed by atoms with Crippen LogP contribution in [-0.4, -0.2) is 35.4 Å². The molecule has 0 saturated carbocycles. The molecule has 0 aliphatic rings. The van der Waals surface area contributed by atoms with Gasteiger partial charge in [0.1, 0.15) is 5.76 Å². The van der Waals surface area contributed by atoms with Crippen LogP contribution in [-0.2, 0) is 6.54 Å². The highest BCUT2D eigenvalue weighted by Gasteiger charge is 2.14. The Hall–Kier alpha value is -3.61. The van der Waals surface area contributed by atoms with E-state index in [4.69, 9.17) is 4.42 Å². The van der Waals surface area contributed by atoms with E-state index in [0.717, 1.165) is 0 Å². The number of aromatic nitrogens is 1. The first-order chi connectivity index (χ1) is 12.9. The highest BCUT2D eigenvalue weighted by atomic mass is 16.4. The molecule has 1 aromatic carbocycles. The molecule has 0 unspecified atom stereocenters. The minimum Gasteiger partial charge on any atom is -0.454 e. The summed E-state index contributed by atoms with van der Waals surface area (Å²) < 4.78 is 7.03. The Balaban J connectivity index is 1.71. The number of rotatable bonds is 5. The summed E-state index contributed by atoms with van der Waals surface area (Å²) in [5.74, 6) is 0.0269. The SMILES string of the molecule is CN(C)C(=O)c1cccc(NC(=O)c2ccc(Cn3ccccc3=O)o2)c1. The van der Waals surface area contributed by atoms with E-state index in [1.807, 2.05) is 0 Å². The molecule has 0 aliphatic carbocycles. The van der Waals surface area contributed by atoms with E-state index in [2.05, 4.69) is 5.32 Å². The van der Waals surface area contributed by atoms with Crippen molar-refractivity contribution in [3.05, 3.63) is 88.2 Å². The number of pyridine rings is 1. The molecule has 2 heterocycles. The number of nitrogens with zero attached hydrogens (tertiary/aromatic N) is 2. The second-order valence-corrected chi connectivity index (χ2v) is 6.17. The third kappa shape index (κ3) is 4.33. The smallest absolute Gasteiger partial charge is 0.291 e. The number of hydrogen-bond donors (Lipinski definition) is 1. The van der Waals surface area contributed by atoms with Gasteiger partial charge in [-0.1, -0.05) is 12.1 Å². The van der Waals surface area contributed by atoms with Crippen LogP contribution < -0.4 is 10.9 Å². The fourth-order valence-electron chi connectivity index (χ4n) is 2.52. The molecular formula is C20H19N3O4. The van der Waals surface area contributed by atoms with Gasteiger partial charge in [0.25, 0.3) is 17.4 Å².